The van der Waals surface area contributed by atoms with Crippen LogP contribution in [0.25, 0.3) is 11.8 Å². The van der Waals surface area contributed by atoms with Gasteiger partial charge in [-0.05, 0) is 105 Å². The molecule has 0 saturated carbocycles. The van der Waals surface area contributed by atoms with E-state index in [9.17, 15) is 5.26 Å². The maximum Gasteiger partial charge on any atom is 0.140 e. The van der Waals surface area contributed by atoms with Crippen molar-refractivity contribution >= 4 is 46.1 Å². The molecule has 5 heterocycles. The summed E-state index contributed by atoms with van der Waals surface area (Å²) in [5.74, 6) is 2.04. The predicted molar refractivity (Wildman–Crippen MR) is 193 cm³/mol. The van der Waals surface area contributed by atoms with Gasteiger partial charge >= 0.3 is 0 Å². The minimum atomic E-state index is 0.706. The third kappa shape index (κ3) is 5.58. The van der Waals surface area contributed by atoms with E-state index in [1.54, 1.807) is 0 Å². The summed E-state index contributed by atoms with van der Waals surface area (Å²) in [5.41, 5.74) is 12.7. The van der Waals surface area contributed by atoms with Crippen LogP contribution in [0.3, 0.4) is 0 Å². The van der Waals surface area contributed by atoms with E-state index in [4.69, 9.17) is 26.6 Å². The summed E-state index contributed by atoms with van der Waals surface area (Å²) in [7, 11) is 0. The second kappa shape index (κ2) is 13.1. The van der Waals surface area contributed by atoms with E-state index >= 15 is 0 Å². The quantitative estimate of drug-likeness (QED) is 0.0956. The van der Waals surface area contributed by atoms with Gasteiger partial charge in [0.1, 0.15) is 17.8 Å². The first-order valence-corrected chi connectivity index (χ1v) is 18.1. The third-order valence-electron chi connectivity index (χ3n) is 10.5. The molecule has 0 fully saturated rings. The van der Waals surface area contributed by atoms with E-state index in [1.807, 2.05) is 6.07 Å². The molecule has 0 unspecified atom stereocenters. The highest BCUT2D eigenvalue weighted by molar-refractivity contribution is 7.80. The van der Waals surface area contributed by atoms with Crippen molar-refractivity contribution in [2.24, 2.45) is 0 Å². The van der Waals surface area contributed by atoms with Crippen LogP contribution in [0.4, 0.5) is 17.1 Å². The summed E-state index contributed by atoms with van der Waals surface area (Å²) in [5, 5.41) is 15.0. The monoisotopic (exact) mass is 651 g/mol. The lowest BCUT2D eigenvalue weighted by molar-refractivity contribution is -0.162. The van der Waals surface area contributed by atoms with Gasteiger partial charge < -0.3 is 29.5 Å². The first-order valence-electron chi connectivity index (χ1n) is 17.7. The normalized spacial score (nSPS) is 17.7. The summed E-state index contributed by atoms with van der Waals surface area (Å²) >= 11 is 5.70. The van der Waals surface area contributed by atoms with Crippen LogP contribution in [0.5, 0.6) is 11.5 Å². The van der Waals surface area contributed by atoms with Crippen LogP contribution in [0.1, 0.15) is 85.3 Å². The predicted octanol–water partition coefficient (Wildman–Crippen LogP) is 6.61. The fourth-order valence-corrected chi connectivity index (χ4v) is 8.89. The van der Waals surface area contributed by atoms with Crippen LogP contribution in [0.15, 0.2) is 30.3 Å². The fraction of sp³-hybridized carbons (Fsp3) is 0.462. The van der Waals surface area contributed by atoms with Crippen LogP contribution in [-0.2, 0) is 35.3 Å². The Kier molecular flexibility index (Phi) is 8.59. The van der Waals surface area contributed by atoms with Gasteiger partial charge in [-0.3, -0.25) is 0 Å². The number of nitrogens with zero attached hydrogens (tertiary/aromatic N) is 2. The van der Waals surface area contributed by atoms with Gasteiger partial charge in [-0.25, -0.2) is 5.26 Å². The second-order valence-corrected chi connectivity index (χ2v) is 14.1. The lowest BCUT2D eigenvalue weighted by Crippen LogP contribution is -2.36. The fourth-order valence-electron chi connectivity index (χ4n) is 8.63. The van der Waals surface area contributed by atoms with Crippen molar-refractivity contribution in [3.63, 3.8) is 0 Å². The molecule has 0 radical (unpaired) electrons. The van der Waals surface area contributed by atoms with Gasteiger partial charge in [0.25, 0.3) is 0 Å². The molecule has 0 aliphatic carbocycles. The molecular weight excluding hydrogens is 607 g/mol. The molecule has 2 N–H and O–H groups in total. The number of thiocarbonyl (C=S) groups is 1. The lowest BCUT2D eigenvalue weighted by Gasteiger charge is -2.41. The van der Waals surface area contributed by atoms with Gasteiger partial charge in [-0.1, -0.05) is 25.2 Å². The highest BCUT2D eigenvalue weighted by Crippen LogP contribution is 2.54. The van der Waals surface area contributed by atoms with Crippen molar-refractivity contribution in [2.45, 2.75) is 77.6 Å². The van der Waals surface area contributed by atoms with Gasteiger partial charge in [-0.15, -0.1) is 0 Å². The van der Waals surface area contributed by atoms with E-state index in [2.05, 4.69) is 46.3 Å². The molecule has 8 rings (SSSR count). The topological polar surface area (TPSA) is 66.4 Å². The van der Waals surface area contributed by atoms with E-state index in [0.717, 1.165) is 140 Å². The third-order valence-corrected chi connectivity index (χ3v) is 10.8. The van der Waals surface area contributed by atoms with Gasteiger partial charge in [0.05, 0.1) is 4.99 Å². The van der Waals surface area contributed by atoms with Crippen molar-refractivity contribution < 1.29 is 19.6 Å². The number of rotatable bonds is 8. The van der Waals surface area contributed by atoms with Crippen LogP contribution >= 0.6 is 12.2 Å². The zero-order chi connectivity index (χ0) is 31.9. The highest BCUT2D eigenvalue weighted by atomic mass is 32.1. The molecule has 0 amide bonds. The van der Waals surface area contributed by atoms with Crippen LogP contribution in [-0.4, -0.2) is 49.6 Å². The summed E-state index contributed by atoms with van der Waals surface area (Å²) in [6.45, 7) is 8.08. The second-order valence-electron chi connectivity index (χ2n) is 13.6. The van der Waals surface area contributed by atoms with Crippen molar-refractivity contribution in [2.75, 3.05) is 54.5 Å². The minimum Gasteiger partial charge on any atom is -0.455 e. The number of hydrogen-bond acceptors (Lipinski definition) is 7. The Morgan fingerprint density at radius 1 is 0.872 bits per heavy atom. The molecular formula is C39H45N3O4S. The summed E-state index contributed by atoms with van der Waals surface area (Å²) in [6, 6.07) is 11.1. The van der Waals surface area contributed by atoms with E-state index in [-0.39, 0.29) is 0 Å². The molecule has 47 heavy (non-hydrogen) atoms. The van der Waals surface area contributed by atoms with Crippen LogP contribution in [0, 0.1) is 0 Å². The lowest BCUT2D eigenvalue weighted by atomic mass is 9.80. The maximum absolute atomic E-state index is 9.79. The molecule has 0 bridgehead atoms. The number of ether oxygens (including phenoxy) is 2. The van der Waals surface area contributed by atoms with Gasteiger partial charge in [0.2, 0.25) is 0 Å². The van der Waals surface area contributed by atoms with E-state index in [0.29, 0.717) is 6.61 Å². The minimum absolute atomic E-state index is 0.706. The molecule has 5 aliphatic heterocycles. The van der Waals surface area contributed by atoms with Crippen molar-refractivity contribution in [1.82, 2.24) is 0 Å². The Labute approximate surface area is 282 Å². The van der Waals surface area contributed by atoms with Crippen molar-refractivity contribution in [3.8, 4) is 11.5 Å². The van der Waals surface area contributed by atoms with E-state index < -0.39 is 0 Å². The number of hydrogen-bond donors (Lipinski definition) is 2. The highest BCUT2D eigenvalue weighted by Gasteiger charge is 2.37. The average molecular weight is 652 g/mol. The molecule has 0 aromatic heterocycles. The molecule has 5 aliphatic rings. The molecule has 3 aromatic carbocycles. The van der Waals surface area contributed by atoms with Gasteiger partial charge in [0, 0.05) is 95.9 Å². The number of benzene rings is 3. The molecule has 7 nitrogen and oxygen atoms in total. The van der Waals surface area contributed by atoms with Crippen LogP contribution < -0.4 is 30.3 Å². The Morgan fingerprint density at radius 2 is 1.49 bits per heavy atom. The van der Waals surface area contributed by atoms with Crippen molar-refractivity contribution in [3.05, 3.63) is 74.1 Å². The Balaban J connectivity index is 1.31. The molecule has 0 spiro atoms. The zero-order valence-electron chi connectivity index (χ0n) is 27.5. The summed E-state index contributed by atoms with van der Waals surface area (Å²) in [4.78, 5) is 10.7. The average Bonchev–Trinajstić information content (AvgIpc) is 3.09. The zero-order valence-corrected chi connectivity index (χ0v) is 28.3. The number of nitrogens with one attached hydrogen (secondary N) is 1. The molecule has 3 aromatic rings. The first kappa shape index (κ1) is 30.7. The largest absolute Gasteiger partial charge is 0.455 e. The molecule has 8 heteroatoms. The Morgan fingerprint density at radius 3 is 2.09 bits per heavy atom. The molecule has 246 valence electrons. The van der Waals surface area contributed by atoms with Crippen molar-refractivity contribution in [1.29, 1.82) is 0 Å². The molecule has 0 atom stereocenters. The standard InChI is InChI=1S/C39H45N3O4S/c1-2-19-44-20-7-12-34(47)40-28-13-14-29(27(21-28)24-45-43)35-32-22-25-8-3-15-41-17-5-10-30(36(25)41)38(32)46-39-31-11-6-18-42-16-4-9-26(37(31)42)23-33(35)39/h13-14,21-24,43H,2-12,15-20H2,1H3,(H,40,47). The van der Waals surface area contributed by atoms with Crippen LogP contribution in [0.2, 0.25) is 0 Å². The van der Waals surface area contributed by atoms with Gasteiger partial charge in [0.15, 0.2) is 0 Å². The molecule has 0 saturated heterocycles. The number of anilines is 3. The number of fused-ring (bicyclic) bond motifs is 4. The summed E-state index contributed by atoms with van der Waals surface area (Å²) < 4.78 is 12.8. The first-order chi connectivity index (χ1) is 23.1. The summed E-state index contributed by atoms with van der Waals surface area (Å²) in [6.07, 6.45) is 12.9. The Hall–Kier alpha value is -3.59. The Bertz CT molecular complexity index is 1770. The van der Waals surface area contributed by atoms with E-state index in [1.165, 1.54) is 52.7 Å². The number of aryl methyl sites for hydroxylation is 2. The SMILES string of the molecule is CCCOCCCC(=S)Nc1ccc(=C2c3cc4c5c(c3Oc3c2cc2c6c3CCCN6CCC2)CCCN5CCC4)c(=COO)c1. The smallest absolute Gasteiger partial charge is 0.140 e. The maximum atomic E-state index is 9.79. The van der Waals surface area contributed by atoms with Gasteiger partial charge in [-0.2, -0.15) is 0 Å².